The number of anilines is 2. The molecule has 9 nitrogen and oxygen atoms in total. The van der Waals surface area contributed by atoms with Crippen LogP contribution in [0.4, 0.5) is 11.4 Å². The molecule has 1 amide bonds. The van der Waals surface area contributed by atoms with Crippen LogP contribution in [0.2, 0.25) is 0 Å². The first kappa shape index (κ1) is 22.7. The van der Waals surface area contributed by atoms with Gasteiger partial charge in [0.2, 0.25) is 0 Å². The number of benzene rings is 3. The van der Waals surface area contributed by atoms with E-state index in [0.29, 0.717) is 28.0 Å². The molecule has 0 unspecified atom stereocenters. The lowest BCUT2D eigenvalue weighted by molar-refractivity contribution is 0.102. The Kier molecular flexibility index (Phi) is 6.04. The summed E-state index contributed by atoms with van der Waals surface area (Å²) >= 11 is 0. The van der Waals surface area contributed by atoms with Gasteiger partial charge < -0.3 is 20.0 Å². The molecule has 5 rings (SSSR count). The van der Waals surface area contributed by atoms with Gasteiger partial charge in [0.05, 0.1) is 22.0 Å². The molecule has 0 aliphatic heterocycles. The van der Waals surface area contributed by atoms with E-state index in [4.69, 9.17) is 4.74 Å². The van der Waals surface area contributed by atoms with Crippen molar-refractivity contribution >= 4 is 38.3 Å². The zero-order valence-electron chi connectivity index (χ0n) is 18.7. The first-order valence-electron chi connectivity index (χ1n) is 11.3. The molecule has 10 heteroatoms. The highest BCUT2D eigenvalue weighted by molar-refractivity contribution is 7.92. The number of carbonyl (C=O) groups excluding carboxylic acids is 1. The molecule has 180 valence electrons. The molecule has 0 spiro atoms. The maximum absolute atomic E-state index is 12.7. The summed E-state index contributed by atoms with van der Waals surface area (Å²) in [7, 11) is -3.89. The van der Waals surface area contributed by atoms with E-state index < -0.39 is 15.7 Å². The van der Waals surface area contributed by atoms with Crippen molar-refractivity contribution in [1.29, 1.82) is 0 Å². The van der Waals surface area contributed by atoms with Gasteiger partial charge in [-0.2, -0.15) is 0 Å². The van der Waals surface area contributed by atoms with Crippen LogP contribution in [0.15, 0.2) is 76.4 Å². The average Bonchev–Trinajstić information content (AvgIpc) is 3.48. The van der Waals surface area contributed by atoms with Crippen LogP contribution in [0, 0.1) is 0 Å². The second-order valence-electron chi connectivity index (χ2n) is 8.47. The first-order valence-corrected chi connectivity index (χ1v) is 12.8. The third-order valence-corrected chi connectivity index (χ3v) is 7.29. The Morgan fingerprint density at radius 1 is 0.857 bits per heavy atom. The Morgan fingerprint density at radius 2 is 1.51 bits per heavy atom. The Labute approximate surface area is 201 Å². The van der Waals surface area contributed by atoms with Gasteiger partial charge in [-0.1, -0.05) is 0 Å². The number of hydrogen-bond donors (Lipinski definition) is 4. The van der Waals surface area contributed by atoms with Crippen molar-refractivity contribution < 1.29 is 17.9 Å². The minimum Gasteiger partial charge on any atom is -0.490 e. The summed E-state index contributed by atoms with van der Waals surface area (Å²) < 4.78 is 33.9. The van der Waals surface area contributed by atoms with E-state index in [1.54, 1.807) is 12.1 Å². The standard InChI is InChI=1S/C25H24N4O5S/c30-24(26-17-9-11-20(12-10-17)34-19-3-1-2-4-19)16-5-7-18(8-6-16)29-35(32,33)21-13-14-22-23(15-21)28-25(31)27-22/h5-15,19,29H,1-4H2,(H,26,30)(H2,27,28,31). The molecule has 1 aliphatic carbocycles. The summed E-state index contributed by atoms with van der Waals surface area (Å²) in [5, 5.41) is 2.83. The van der Waals surface area contributed by atoms with Crippen LogP contribution in [0.25, 0.3) is 11.0 Å². The number of aromatic amines is 2. The predicted molar refractivity (Wildman–Crippen MR) is 133 cm³/mol. The van der Waals surface area contributed by atoms with Crippen molar-refractivity contribution in [3.8, 4) is 5.75 Å². The molecular formula is C25H24N4O5S. The van der Waals surface area contributed by atoms with Crippen molar-refractivity contribution in [2.24, 2.45) is 0 Å². The number of ether oxygens (including phenoxy) is 1. The Bertz CT molecular complexity index is 1520. The molecule has 1 heterocycles. The predicted octanol–water partition coefficient (Wildman–Crippen LogP) is 4.23. The normalized spacial score (nSPS) is 14.2. The number of amides is 1. The molecule has 1 aliphatic rings. The molecule has 0 radical (unpaired) electrons. The van der Waals surface area contributed by atoms with Gasteiger partial charge in [-0.3, -0.25) is 9.52 Å². The zero-order valence-corrected chi connectivity index (χ0v) is 19.5. The molecule has 0 atom stereocenters. The molecule has 1 aromatic heterocycles. The monoisotopic (exact) mass is 492 g/mol. The van der Waals surface area contributed by atoms with Gasteiger partial charge in [0.1, 0.15) is 5.75 Å². The smallest absolute Gasteiger partial charge is 0.323 e. The van der Waals surface area contributed by atoms with Crippen molar-refractivity contribution in [3.05, 3.63) is 82.8 Å². The molecule has 35 heavy (non-hydrogen) atoms. The molecule has 4 aromatic rings. The number of imidazole rings is 1. The lowest BCUT2D eigenvalue weighted by Crippen LogP contribution is -2.14. The van der Waals surface area contributed by atoms with Crippen LogP contribution in [-0.2, 0) is 10.0 Å². The van der Waals surface area contributed by atoms with Crippen molar-refractivity contribution in [3.63, 3.8) is 0 Å². The van der Waals surface area contributed by atoms with Gasteiger partial charge >= 0.3 is 5.69 Å². The fourth-order valence-corrected chi connectivity index (χ4v) is 5.19. The fourth-order valence-electron chi connectivity index (χ4n) is 4.10. The van der Waals surface area contributed by atoms with Crippen LogP contribution in [0.1, 0.15) is 36.0 Å². The lowest BCUT2D eigenvalue weighted by atomic mass is 10.2. The van der Waals surface area contributed by atoms with Crippen LogP contribution in [0.5, 0.6) is 5.75 Å². The minimum absolute atomic E-state index is 0.00225. The van der Waals surface area contributed by atoms with E-state index in [2.05, 4.69) is 20.0 Å². The van der Waals surface area contributed by atoms with E-state index in [9.17, 15) is 18.0 Å². The fraction of sp³-hybridized carbons (Fsp3) is 0.200. The largest absolute Gasteiger partial charge is 0.490 e. The van der Waals surface area contributed by atoms with Crippen molar-refractivity contribution in [1.82, 2.24) is 9.97 Å². The number of hydrogen-bond acceptors (Lipinski definition) is 5. The van der Waals surface area contributed by atoms with Gasteiger partial charge in [-0.05, 0) is 92.4 Å². The van der Waals surface area contributed by atoms with Gasteiger partial charge in [-0.25, -0.2) is 13.2 Å². The highest BCUT2D eigenvalue weighted by Gasteiger charge is 2.17. The second kappa shape index (κ2) is 9.30. The molecule has 1 saturated carbocycles. The summed E-state index contributed by atoms with van der Waals surface area (Å²) in [6.07, 6.45) is 4.82. The quantitative estimate of drug-likeness (QED) is 0.306. The Balaban J connectivity index is 1.22. The number of sulfonamides is 1. The first-order chi connectivity index (χ1) is 16.9. The number of carbonyl (C=O) groups is 1. The van der Waals surface area contributed by atoms with E-state index in [1.165, 1.54) is 55.3 Å². The summed E-state index contributed by atoms with van der Waals surface area (Å²) in [6, 6.07) is 17.7. The maximum Gasteiger partial charge on any atom is 0.323 e. The van der Waals surface area contributed by atoms with Crippen molar-refractivity contribution in [2.75, 3.05) is 10.0 Å². The van der Waals surface area contributed by atoms with Gasteiger partial charge in [0.25, 0.3) is 15.9 Å². The molecule has 0 saturated heterocycles. The molecular weight excluding hydrogens is 468 g/mol. The Morgan fingerprint density at radius 3 is 2.23 bits per heavy atom. The van der Waals surface area contributed by atoms with E-state index in [1.807, 2.05) is 12.1 Å². The highest BCUT2D eigenvalue weighted by atomic mass is 32.2. The highest BCUT2D eigenvalue weighted by Crippen LogP contribution is 2.25. The minimum atomic E-state index is -3.89. The van der Waals surface area contributed by atoms with E-state index in [-0.39, 0.29) is 16.9 Å². The van der Waals surface area contributed by atoms with Crippen LogP contribution < -0.4 is 20.5 Å². The third kappa shape index (κ3) is 5.22. The van der Waals surface area contributed by atoms with E-state index in [0.717, 1.165) is 18.6 Å². The molecule has 1 fully saturated rings. The Hall–Kier alpha value is -4.05. The molecule has 4 N–H and O–H groups in total. The summed E-state index contributed by atoms with van der Waals surface area (Å²) in [5.41, 5.74) is 1.81. The van der Waals surface area contributed by atoms with Gasteiger partial charge in [-0.15, -0.1) is 0 Å². The van der Waals surface area contributed by atoms with Crippen LogP contribution in [0.3, 0.4) is 0 Å². The SMILES string of the molecule is O=C(Nc1ccc(OC2CCCC2)cc1)c1ccc(NS(=O)(=O)c2ccc3[nH]c(=O)[nH]c3c2)cc1. The third-order valence-electron chi connectivity index (χ3n) is 5.91. The summed E-state index contributed by atoms with van der Waals surface area (Å²) in [6.45, 7) is 0. The van der Waals surface area contributed by atoms with E-state index >= 15 is 0 Å². The molecule has 0 bridgehead atoms. The number of H-pyrrole nitrogens is 2. The topological polar surface area (TPSA) is 133 Å². The number of aromatic nitrogens is 2. The van der Waals surface area contributed by atoms with Crippen molar-refractivity contribution in [2.45, 2.75) is 36.7 Å². The second-order valence-corrected chi connectivity index (χ2v) is 10.2. The van der Waals surface area contributed by atoms with Gasteiger partial charge in [0.15, 0.2) is 0 Å². The number of rotatable bonds is 7. The average molecular weight is 493 g/mol. The molecule has 3 aromatic carbocycles. The van der Waals surface area contributed by atoms with Crippen LogP contribution >= 0.6 is 0 Å². The lowest BCUT2D eigenvalue weighted by Gasteiger charge is -2.13. The summed E-state index contributed by atoms with van der Waals surface area (Å²) in [4.78, 5) is 29.1. The maximum atomic E-state index is 12.7. The van der Waals surface area contributed by atoms with Gasteiger partial charge in [0, 0.05) is 16.9 Å². The number of nitrogens with one attached hydrogen (secondary N) is 4. The summed E-state index contributed by atoms with van der Waals surface area (Å²) in [5.74, 6) is 0.472. The van der Waals surface area contributed by atoms with Crippen LogP contribution in [-0.4, -0.2) is 30.4 Å². The zero-order chi connectivity index (χ0) is 24.4. The number of fused-ring (bicyclic) bond motifs is 1.